The molecule has 1 aliphatic rings. The first-order chi connectivity index (χ1) is 13.2. The predicted molar refractivity (Wildman–Crippen MR) is 99.4 cm³/mol. The number of benzene rings is 1. The van der Waals surface area contributed by atoms with Gasteiger partial charge in [0, 0.05) is 23.4 Å². The van der Waals surface area contributed by atoms with Gasteiger partial charge >= 0.3 is 0 Å². The van der Waals surface area contributed by atoms with Gasteiger partial charge in [-0.3, -0.25) is 4.40 Å². The van der Waals surface area contributed by atoms with Crippen LogP contribution >= 0.6 is 0 Å². The molecular formula is C21H16FN5. The molecule has 1 aromatic carbocycles. The summed E-state index contributed by atoms with van der Waals surface area (Å²) in [6.07, 6.45) is 8.85. The van der Waals surface area contributed by atoms with Gasteiger partial charge in [-0.05, 0) is 55.7 Å². The van der Waals surface area contributed by atoms with Gasteiger partial charge in [0.15, 0.2) is 0 Å². The van der Waals surface area contributed by atoms with Crippen molar-refractivity contribution in [2.24, 2.45) is 0 Å². The number of halogens is 1. The fourth-order valence-corrected chi connectivity index (χ4v) is 3.61. The summed E-state index contributed by atoms with van der Waals surface area (Å²) in [4.78, 5) is 8.92. The highest BCUT2D eigenvalue weighted by Gasteiger charge is 2.25. The highest BCUT2D eigenvalue weighted by atomic mass is 19.1. The first kappa shape index (κ1) is 15.8. The van der Waals surface area contributed by atoms with Crippen LogP contribution in [0.25, 0.3) is 28.2 Å². The second-order valence-corrected chi connectivity index (χ2v) is 6.84. The maximum atomic E-state index is 13.4. The van der Waals surface area contributed by atoms with E-state index in [1.807, 2.05) is 24.7 Å². The highest BCUT2D eigenvalue weighted by molar-refractivity contribution is 5.79. The van der Waals surface area contributed by atoms with Gasteiger partial charge in [-0.1, -0.05) is 0 Å². The minimum Gasteiger partial charge on any atom is -0.327 e. The lowest BCUT2D eigenvalue weighted by Crippen LogP contribution is -2.17. The van der Waals surface area contributed by atoms with Crippen molar-refractivity contribution in [2.75, 3.05) is 0 Å². The molecule has 1 aliphatic carbocycles. The molecule has 0 unspecified atom stereocenters. The zero-order valence-electron chi connectivity index (χ0n) is 14.5. The average molecular weight is 357 g/mol. The number of nitrogens with zero attached hydrogens (tertiary/aromatic N) is 5. The summed E-state index contributed by atoms with van der Waals surface area (Å²) in [5, 5.41) is 9.33. The zero-order valence-corrected chi connectivity index (χ0v) is 14.5. The van der Waals surface area contributed by atoms with Crippen molar-refractivity contribution in [1.29, 1.82) is 5.26 Å². The Labute approximate surface area is 155 Å². The SMILES string of the molecule is N#Cc1cnc2ccc(-c3c(-c4ccc(F)cc4)ncn3C3CCC3)cn12. The van der Waals surface area contributed by atoms with E-state index in [9.17, 15) is 9.65 Å². The molecule has 3 heterocycles. The number of hydrogen-bond acceptors (Lipinski definition) is 3. The van der Waals surface area contributed by atoms with Crippen molar-refractivity contribution >= 4 is 5.65 Å². The van der Waals surface area contributed by atoms with Crippen LogP contribution in [0.2, 0.25) is 0 Å². The molecule has 132 valence electrons. The summed E-state index contributed by atoms with van der Waals surface area (Å²) >= 11 is 0. The number of pyridine rings is 1. The summed E-state index contributed by atoms with van der Waals surface area (Å²) < 4.78 is 17.4. The summed E-state index contributed by atoms with van der Waals surface area (Å²) in [6, 6.07) is 12.9. The van der Waals surface area contributed by atoms with E-state index in [0.29, 0.717) is 11.7 Å². The van der Waals surface area contributed by atoms with Crippen LogP contribution in [0, 0.1) is 17.1 Å². The van der Waals surface area contributed by atoms with Gasteiger partial charge in [-0.2, -0.15) is 5.26 Å². The Morgan fingerprint density at radius 3 is 2.52 bits per heavy atom. The Morgan fingerprint density at radius 2 is 1.81 bits per heavy atom. The Bertz CT molecular complexity index is 1180. The van der Waals surface area contributed by atoms with Crippen molar-refractivity contribution in [3.8, 4) is 28.6 Å². The number of imidazole rings is 2. The van der Waals surface area contributed by atoms with Gasteiger partial charge in [0.2, 0.25) is 0 Å². The van der Waals surface area contributed by atoms with Gasteiger partial charge < -0.3 is 4.57 Å². The van der Waals surface area contributed by atoms with E-state index in [1.54, 1.807) is 22.7 Å². The molecule has 27 heavy (non-hydrogen) atoms. The number of hydrogen-bond donors (Lipinski definition) is 0. The quantitative estimate of drug-likeness (QED) is 0.538. The monoisotopic (exact) mass is 357 g/mol. The third-order valence-corrected chi connectivity index (χ3v) is 5.27. The Morgan fingerprint density at radius 1 is 1.04 bits per heavy atom. The van der Waals surface area contributed by atoms with Gasteiger partial charge in [-0.25, -0.2) is 14.4 Å². The molecule has 6 heteroatoms. The van der Waals surface area contributed by atoms with Crippen LogP contribution < -0.4 is 0 Å². The zero-order chi connectivity index (χ0) is 18.4. The molecule has 1 fully saturated rings. The summed E-state index contributed by atoms with van der Waals surface area (Å²) in [6.45, 7) is 0. The molecule has 0 bridgehead atoms. The van der Waals surface area contributed by atoms with Crippen LogP contribution in [0.1, 0.15) is 31.0 Å². The normalized spacial score (nSPS) is 14.2. The molecule has 5 rings (SSSR count). The van der Waals surface area contributed by atoms with E-state index in [2.05, 4.69) is 20.6 Å². The molecular weight excluding hydrogens is 341 g/mol. The van der Waals surface area contributed by atoms with E-state index in [4.69, 9.17) is 0 Å². The lowest BCUT2D eigenvalue weighted by molar-refractivity contribution is 0.316. The topological polar surface area (TPSA) is 58.9 Å². The largest absolute Gasteiger partial charge is 0.327 e. The molecule has 0 radical (unpaired) electrons. The summed E-state index contributed by atoms with van der Waals surface area (Å²) in [5.41, 5.74) is 4.86. The first-order valence-corrected chi connectivity index (χ1v) is 8.95. The van der Waals surface area contributed by atoms with E-state index < -0.39 is 0 Å². The highest BCUT2D eigenvalue weighted by Crippen LogP contribution is 2.39. The van der Waals surface area contributed by atoms with Gasteiger partial charge in [0.05, 0.1) is 23.9 Å². The standard InChI is InChI=1S/C21H16FN5/c22-16-7-4-14(5-8-16)20-21(27(13-25-20)17-2-1-3-17)15-6-9-19-24-11-18(10-23)26(19)12-15/h4-9,11-13,17H,1-3H2. The van der Waals surface area contributed by atoms with Crippen LogP contribution in [-0.4, -0.2) is 18.9 Å². The molecule has 4 aromatic rings. The Kier molecular flexibility index (Phi) is 3.54. The molecule has 5 nitrogen and oxygen atoms in total. The van der Waals surface area contributed by atoms with Crippen LogP contribution in [0.3, 0.4) is 0 Å². The molecule has 0 amide bonds. The predicted octanol–water partition coefficient (Wildman–Crippen LogP) is 4.60. The molecule has 3 aromatic heterocycles. The maximum Gasteiger partial charge on any atom is 0.144 e. The summed E-state index contributed by atoms with van der Waals surface area (Å²) in [7, 11) is 0. The molecule has 0 atom stereocenters. The van der Waals surface area contributed by atoms with Crippen molar-refractivity contribution in [1.82, 2.24) is 18.9 Å². The minimum absolute atomic E-state index is 0.266. The van der Waals surface area contributed by atoms with E-state index in [-0.39, 0.29) is 5.82 Å². The van der Waals surface area contributed by atoms with Crippen LogP contribution in [0.4, 0.5) is 4.39 Å². The van der Waals surface area contributed by atoms with Crippen LogP contribution in [0.5, 0.6) is 0 Å². The fraction of sp³-hybridized carbons (Fsp3) is 0.190. The first-order valence-electron chi connectivity index (χ1n) is 8.95. The smallest absolute Gasteiger partial charge is 0.144 e. The van der Waals surface area contributed by atoms with Gasteiger partial charge in [0.25, 0.3) is 0 Å². The number of nitriles is 1. The van der Waals surface area contributed by atoms with Crippen LogP contribution in [-0.2, 0) is 0 Å². The third kappa shape index (κ3) is 2.51. The Balaban J connectivity index is 1.73. The summed E-state index contributed by atoms with van der Waals surface area (Å²) in [5.74, 6) is -0.266. The lowest BCUT2D eigenvalue weighted by atomic mass is 9.92. The van der Waals surface area contributed by atoms with E-state index >= 15 is 0 Å². The number of fused-ring (bicyclic) bond motifs is 1. The van der Waals surface area contributed by atoms with Crippen molar-refractivity contribution in [3.63, 3.8) is 0 Å². The fourth-order valence-electron chi connectivity index (χ4n) is 3.61. The van der Waals surface area contributed by atoms with Crippen molar-refractivity contribution in [3.05, 3.63) is 66.6 Å². The number of aromatic nitrogens is 4. The third-order valence-electron chi connectivity index (χ3n) is 5.27. The average Bonchev–Trinajstić information content (AvgIpc) is 3.24. The van der Waals surface area contributed by atoms with Crippen molar-refractivity contribution in [2.45, 2.75) is 25.3 Å². The second kappa shape index (κ2) is 6.06. The Hall–Kier alpha value is -3.46. The van der Waals surface area contributed by atoms with Gasteiger partial charge in [-0.15, -0.1) is 0 Å². The molecule has 0 saturated heterocycles. The van der Waals surface area contributed by atoms with Crippen LogP contribution in [0.15, 0.2) is 55.1 Å². The molecule has 1 saturated carbocycles. The number of rotatable bonds is 3. The molecule has 0 N–H and O–H groups in total. The molecule has 0 spiro atoms. The lowest BCUT2D eigenvalue weighted by Gasteiger charge is -2.28. The van der Waals surface area contributed by atoms with E-state index in [0.717, 1.165) is 41.0 Å². The minimum atomic E-state index is -0.266. The second-order valence-electron chi connectivity index (χ2n) is 6.84. The van der Waals surface area contributed by atoms with Crippen molar-refractivity contribution < 1.29 is 4.39 Å². The van der Waals surface area contributed by atoms with E-state index in [1.165, 1.54) is 18.6 Å². The van der Waals surface area contributed by atoms with Gasteiger partial charge in [0.1, 0.15) is 23.2 Å². The maximum absolute atomic E-state index is 13.4. The molecule has 0 aliphatic heterocycles.